The summed E-state index contributed by atoms with van der Waals surface area (Å²) in [6.45, 7) is 4.82. The number of carbonyl (C=O) groups is 2. The topological polar surface area (TPSA) is 63.4 Å². The summed E-state index contributed by atoms with van der Waals surface area (Å²) in [7, 11) is 1.79. The molecule has 0 aliphatic rings. The quantitative estimate of drug-likeness (QED) is 0.709. The molecule has 0 spiro atoms. The molecule has 0 aromatic heterocycles. The molecule has 1 amide bonds. The number of nitrogens with two attached hydrogens (primary N) is 1. The first-order valence-corrected chi connectivity index (χ1v) is 8.72. The third kappa shape index (κ3) is 6.62. The molecule has 2 N–H and O–H groups in total. The Kier molecular flexibility index (Phi) is 8.20. The van der Waals surface area contributed by atoms with Gasteiger partial charge in [0.2, 0.25) is 5.91 Å². The smallest absolute Gasteiger partial charge is 0.232 e. The van der Waals surface area contributed by atoms with E-state index in [1.165, 1.54) is 11.8 Å². The lowest BCUT2D eigenvalue weighted by molar-refractivity contribution is -0.127. The molecule has 1 rings (SSSR count). The largest absolute Gasteiger partial charge is 0.345 e. The number of nitrogens with zero attached hydrogens (tertiary/aromatic N) is 1. The number of ketones is 1. The number of thioether (sulfide) groups is 1. The summed E-state index contributed by atoms with van der Waals surface area (Å²) < 4.78 is 0. The van der Waals surface area contributed by atoms with Crippen molar-refractivity contribution in [2.45, 2.75) is 26.3 Å². The lowest BCUT2D eigenvalue weighted by atomic mass is 10.0. The van der Waals surface area contributed by atoms with Crippen LogP contribution < -0.4 is 5.73 Å². The molecule has 1 aromatic rings. The minimum atomic E-state index is 0.0433. The summed E-state index contributed by atoms with van der Waals surface area (Å²) in [5, 5.41) is 0. The Morgan fingerprint density at radius 1 is 1.18 bits per heavy atom. The Hall–Kier alpha value is -1.33. The SMILES string of the molecule is CC(C)C(N)CCN(C)C(=O)CSCC(=O)c1ccccc1. The molecule has 0 aliphatic carbocycles. The van der Waals surface area contributed by atoms with Crippen LogP contribution in [0, 0.1) is 5.92 Å². The van der Waals surface area contributed by atoms with Gasteiger partial charge in [-0.15, -0.1) is 11.8 Å². The molecule has 0 heterocycles. The molecule has 1 atom stereocenters. The van der Waals surface area contributed by atoms with Gasteiger partial charge in [-0.2, -0.15) is 0 Å². The van der Waals surface area contributed by atoms with E-state index in [9.17, 15) is 9.59 Å². The van der Waals surface area contributed by atoms with Gasteiger partial charge < -0.3 is 10.6 Å². The zero-order valence-electron chi connectivity index (χ0n) is 13.6. The normalized spacial score (nSPS) is 12.2. The minimum Gasteiger partial charge on any atom is -0.345 e. The predicted octanol–water partition coefficient (Wildman–Crippen LogP) is 2.43. The molecule has 0 saturated carbocycles. The number of amides is 1. The third-order valence-electron chi connectivity index (χ3n) is 3.63. The maximum absolute atomic E-state index is 12.0. The van der Waals surface area contributed by atoms with Gasteiger partial charge in [0.1, 0.15) is 0 Å². The number of rotatable bonds is 9. The lowest BCUT2D eigenvalue weighted by Crippen LogP contribution is -2.35. The minimum absolute atomic E-state index is 0.0433. The number of benzene rings is 1. The fourth-order valence-electron chi connectivity index (χ4n) is 1.85. The highest BCUT2D eigenvalue weighted by Crippen LogP contribution is 2.09. The van der Waals surface area contributed by atoms with Crippen LogP contribution in [0.5, 0.6) is 0 Å². The van der Waals surface area contributed by atoms with Gasteiger partial charge in [0.05, 0.1) is 11.5 Å². The Morgan fingerprint density at radius 2 is 1.82 bits per heavy atom. The average Bonchev–Trinajstić information content (AvgIpc) is 2.52. The van der Waals surface area contributed by atoms with Crippen molar-refractivity contribution in [1.29, 1.82) is 0 Å². The van der Waals surface area contributed by atoms with Crippen molar-refractivity contribution in [3.63, 3.8) is 0 Å². The molecule has 1 unspecified atom stereocenters. The van der Waals surface area contributed by atoms with Crippen molar-refractivity contribution in [1.82, 2.24) is 4.90 Å². The van der Waals surface area contributed by atoms with Crippen molar-refractivity contribution in [2.24, 2.45) is 11.7 Å². The Bertz CT molecular complexity index is 477. The van der Waals surface area contributed by atoms with E-state index >= 15 is 0 Å². The molecule has 1 aromatic carbocycles. The van der Waals surface area contributed by atoms with Gasteiger partial charge in [-0.25, -0.2) is 0 Å². The Labute approximate surface area is 137 Å². The van der Waals surface area contributed by atoms with Crippen LogP contribution in [0.1, 0.15) is 30.6 Å². The predicted molar refractivity (Wildman–Crippen MR) is 93.2 cm³/mol. The van der Waals surface area contributed by atoms with E-state index in [1.54, 1.807) is 24.1 Å². The third-order valence-corrected chi connectivity index (χ3v) is 4.55. The van der Waals surface area contributed by atoms with Gasteiger partial charge in [-0.05, 0) is 12.3 Å². The molecule has 4 nitrogen and oxygen atoms in total. The zero-order valence-corrected chi connectivity index (χ0v) is 14.4. The second kappa shape index (κ2) is 9.64. The van der Waals surface area contributed by atoms with Crippen LogP contribution in [-0.4, -0.2) is 47.7 Å². The fourth-order valence-corrected chi connectivity index (χ4v) is 2.70. The average molecular weight is 322 g/mol. The van der Waals surface area contributed by atoms with Crippen LogP contribution in [0.2, 0.25) is 0 Å². The molecule has 22 heavy (non-hydrogen) atoms. The van der Waals surface area contributed by atoms with Gasteiger partial charge in [-0.1, -0.05) is 44.2 Å². The van der Waals surface area contributed by atoms with Gasteiger partial charge in [0, 0.05) is 25.2 Å². The molecular formula is C17H26N2O2S. The van der Waals surface area contributed by atoms with Crippen molar-refractivity contribution < 1.29 is 9.59 Å². The first-order valence-electron chi connectivity index (χ1n) is 7.57. The Morgan fingerprint density at radius 3 is 2.41 bits per heavy atom. The molecular weight excluding hydrogens is 296 g/mol. The molecule has 5 heteroatoms. The number of hydrogen-bond donors (Lipinski definition) is 1. The van der Waals surface area contributed by atoms with E-state index in [2.05, 4.69) is 13.8 Å². The van der Waals surface area contributed by atoms with Crippen LogP contribution in [0.3, 0.4) is 0 Å². The van der Waals surface area contributed by atoms with Crippen LogP contribution >= 0.6 is 11.8 Å². The van der Waals surface area contributed by atoms with Crippen LogP contribution in [-0.2, 0) is 4.79 Å². The summed E-state index contributed by atoms with van der Waals surface area (Å²) in [6.07, 6.45) is 0.799. The van der Waals surface area contributed by atoms with E-state index in [1.807, 2.05) is 18.2 Å². The van der Waals surface area contributed by atoms with Crippen LogP contribution in [0.4, 0.5) is 0 Å². The summed E-state index contributed by atoms with van der Waals surface area (Å²) in [5.74, 6) is 1.17. The van der Waals surface area contributed by atoms with Crippen molar-refractivity contribution in [3.05, 3.63) is 35.9 Å². The number of hydrogen-bond acceptors (Lipinski definition) is 4. The van der Waals surface area contributed by atoms with E-state index in [0.717, 1.165) is 6.42 Å². The summed E-state index contributed by atoms with van der Waals surface area (Å²) in [5.41, 5.74) is 6.67. The van der Waals surface area contributed by atoms with Gasteiger partial charge in [-0.3, -0.25) is 9.59 Å². The molecule has 0 saturated heterocycles. The summed E-state index contributed by atoms with van der Waals surface area (Å²) in [4.78, 5) is 25.6. The van der Waals surface area contributed by atoms with E-state index in [0.29, 0.717) is 29.5 Å². The van der Waals surface area contributed by atoms with Gasteiger partial charge in [0.25, 0.3) is 0 Å². The standard InChI is InChI=1S/C17H26N2O2S/c1-13(2)15(18)9-10-19(3)17(21)12-22-11-16(20)14-7-5-4-6-8-14/h4-8,13,15H,9-12,18H2,1-3H3. The Balaban J connectivity index is 2.26. The van der Waals surface area contributed by atoms with Crippen molar-refractivity contribution in [2.75, 3.05) is 25.1 Å². The highest BCUT2D eigenvalue weighted by atomic mass is 32.2. The summed E-state index contributed by atoms with van der Waals surface area (Å²) in [6, 6.07) is 9.27. The van der Waals surface area contributed by atoms with Crippen LogP contribution in [0.15, 0.2) is 30.3 Å². The van der Waals surface area contributed by atoms with Gasteiger partial charge in [0.15, 0.2) is 5.78 Å². The fraction of sp³-hybridized carbons (Fsp3) is 0.529. The summed E-state index contributed by atoms with van der Waals surface area (Å²) >= 11 is 1.36. The van der Waals surface area contributed by atoms with Crippen molar-refractivity contribution in [3.8, 4) is 0 Å². The zero-order chi connectivity index (χ0) is 16.5. The second-order valence-corrected chi connectivity index (χ2v) is 6.78. The van der Waals surface area contributed by atoms with Crippen molar-refractivity contribution >= 4 is 23.5 Å². The van der Waals surface area contributed by atoms with E-state index in [4.69, 9.17) is 5.73 Å². The first-order chi connectivity index (χ1) is 10.4. The highest BCUT2D eigenvalue weighted by Gasteiger charge is 2.13. The maximum atomic E-state index is 12.0. The van der Waals surface area contributed by atoms with Gasteiger partial charge >= 0.3 is 0 Å². The van der Waals surface area contributed by atoms with E-state index in [-0.39, 0.29) is 17.7 Å². The molecule has 0 radical (unpaired) electrons. The van der Waals surface area contributed by atoms with Crippen LogP contribution in [0.25, 0.3) is 0 Å². The molecule has 122 valence electrons. The molecule has 0 aliphatic heterocycles. The maximum Gasteiger partial charge on any atom is 0.232 e. The molecule has 0 fully saturated rings. The monoisotopic (exact) mass is 322 g/mol. The number of carbonyl (C=O) groups excluding carboxylic acids is 2. The lowest BCUT2D eigenvalue weighted by Gasteiger charge is -2.21. The second-order valence-electron chi connectivity index (χ2n) is 5.79. The first kappa shape index (κ1) is 18.7. The highest BCUT2D eigenvalue weighted by molar-refractivity contribution is 8.00. The van der Waals surface area contributed by atoms with E-state index < -0.39 is 0 Å². The molecule has 0 bridgehead atoms. The number of Topliss-reactive ketones (excluding diaryl/α,β-unsaturated/α-hetero) is 1.